The van der Waals surface area contributed by atoms with Crippen LogP contribution in [0, 0.1) is 5.92 Å². The number of carbonyl (C=O) groups is 1. The van der Waals surface area contributed by atoms with Gasteiger partial charge in [0.1, 0.15) is 0 Å². The van der Waals surface area contributed by atoms with Crippen molar-refractivity contribution < 1.29 is 9.53 Å². The van der Waals surface area contributed by atoms with E-state index in [0.29, 0.717) is 12.0 Å². The molecule has 2 heterocycles. The molecule has 0 aromatic rings. The molecule has 2 aliphatic heterocycles. The lowest BCUT2D eigenvalue weighted by atomic mass is 9.89. The normalized spacial score (nSPS) is 30.8. The first-order valence-electron chi connectivity index (χ1n) is 4.98. The Bertz CT molecular complexity index is 190. The molecule has 13 heavy (non-hydrogen) atoms. The Hall–Kier alpha value is -0.770. The summed E-state index contributed by atoms with van der Waals surface area (Å²) in [4.78, 5) is 11.1. The van der Waals surface area contributed by atoms with Crippen LogP contribution in [0.25, 0.3) is 0 Å². The average molecular weight is 184 g/mol. The Morgan fingerprint density at radius 3 is 2.69 bits per heavy atom. The van der Waals surface area contributed by atoms with Gasteiger partial charge >= 0.3 is 6.03 Å². The van der Waals surface area contributed by atoms with E-state index in [1.807, 2.05) is 0 Å². The highest BCUT2D eigenvalue weighted by atomic mass is 16.5. The molecule has 0 saturated carbocycles. The lowest BCUT2D eigenvalue weighted by Crippen LogP contribution is -2.52. The van der Waals surface area contributed by atoms with Gasteiger partial charge in [-0.15, -0.1) is 0 Å². The molecule has 2 N–H and O–H groups in total. The number of hydrogen-bond donors (Lipinski definition) is 2. The van der Waals surface area contributed by atoms with Crippen LogP contribution in [0.1, 0.15) is 19.3 Å². The molecular formula is C9H16N2O2. The van der Waals surface area contributed by atoms with Crippen molar-refractivity contribution in [1.29, 1.82) is 0 Å². The first-order chi connectivity index (χ1) is 6.36. The highest BCUT2D eigenvalue weighted by Gasteiger charge is 2.27. The molecule has 0 aliphatic carbocycles. The molecule has 0 aromatic carbocycles. The first-order valence-corrected chi connectivity index (χ1v) is 4.98. The Morgan fingerprint density at radius 2 is 2.00 bits per heavy atom. The summed E-state index contributed by atoms with van der Waals surface area (Å²) < 4.78 is 5.29. The highest BCUT2D eigenvalue weighted by Crippen LogP contribution is 2.21. The SMILES string of the molecule is O=C1NCCC(C2CCOCC2)N1. The number of amides is 2. The molecule has 1 unspecified atom stereocenters. The maximum atomic E-state index is 11.1. The highest BCUT2D eigenvalue weighted by molar-refractivity contribution is 5.74. The lowest BCUT2D eigenvalue weighted by Gasteiger charge is -2.33. The Labute approximate surface area is 78.0 Å². The molecule has 2 aliphatic rings. The number of urea groups is 1. The van der Waals surface area contributed by atoms with Gasteiger partial charge in [0.2, 0.25) is 0 Å². The second kappa shape index (κ2) is 3.96. The molecule has 1 atom stereocenters. The van der Waals surface area contributed by atoms with Crippen molar-refractivity contribution in [3.63, 3.8) is 0 Å². The van der Waals surface area contributed by atoms with Crippen molar-refractivity contribution in [3.05, 3.63) is 0 Å². The van der Waals surface area contributed by atoms with Gasteiger partial charge in [-0.2, -0.15) is 0 Å². The third-order valence-corrected chi connectivity index (χ3v) is 2.89. The zero-order chi connectivity index (χ0) is 9.10. The maximum Gasteiger partial charge on any atom is 0.315 e. The standard InChI is InChI=1S/C9H16N2O2/c12-9-10-4-1-8(11-9)7-2-5-13-6-3-7/h7-8H,1-6H2,(H2,10,11,12). The summed E-state index contributed by atoms with van der Waals surface area (Å²) >= 11 is 0. The van der Waals surface area contributed by atoms with Crippen molar-refractivity contribution >= 4 is 6.03 Å². The largest absolute Gasteiger partial charge is 0.381 e. The van der Waals surface area contributed by atoms with E-state index in [1.165, 1.54) is 0 Å². The fourth-order valence-corrected chi connectivity index (χ4v) is 2.10. The number of carbonyl (C=O) groups excluding carboxylic acids is 1. The van der Waals surface area contributed by atoms with Crippen molar-refractivity contribution in [3.8, 4) is 0 Å². The van der Waals surface area contributed by atoms with Crippen LogP contribution in [-0.4, -0.2) is 31.8 Å². The van der Waals surface area contributed by atoms with Gasteiger partial charge < -0.3 is 15.4 Å². The van der Waals surface area contributed by atoms with Crippen LogP contribution in [0.15, 0.2) is 0 Å². The zero-order valence-corrected chi connectivity index (χ0v) is 7.71. The van der Waals surface area contributed by atoms with E-state index in [1.54, 1.807) is 0 Å². The summed E-state index contributed by atoms with van der Waals surface area (Å²) in [7, 11) is 0. The van der Waals surface area contributed by atoms with Crippen molar-refractivity contribution in [2.75, 3.05) is 19.8 Å². The van der Waals surface area contributed by atoms with E-state index in [9.17, 15) is 4.79 Å². The molecule has 4 heteroatoms. The van der Waals surface area contributed by atoms with Gasteiger partial charge in [0.05, 0.1) is 0 Å². The van der Waals surface area contributed by atoms with Crippen LogP contribution < -0.4 is 10.6 Å². The number of rotatable bonds is 1. The molecule has 2 amide bonds. The van der Waals surface area contributed by atoms with Gasteiger partial charge in [0.15, 0.2) is 0 Å². The molecule has 0 spiro atoms. The minimum absolute atomic E-state index is 0.0114. The Morgan fingerprint density at radius 1 is 1.23 bits per heavy atom. The van der Waals surface area contributed by atoms with Crippen LogP contribution in [0.3, 0.4) is 0 Å². The smallest absolute Gasteiger partial charge is 0.315 e. The molecule has 74 valence electrons. The van der Waals surface area contributed by atoms with Gasteiger partial charge in [-0.25, -0.2) is 4.79 Å². The van der Waals surface area contributed by atoms with Crippen LogP contribution in [0.5, 0.6) is 0 Å². The van der Waals surface area contributed by atoms with E-state index in [0.717, 1.165) is 39.0 Å². The summed E-state index contributed by atoms with van der Waals surface area (Å²) in [6.07, 6.45) is 3.23. The molecule has 4 nitrogen and oxygen atoms in total. The summed E-state index contributed by atoms with van der Waals surface area (Å²) in [6.45, 7) is 2.52. The fourth-order valence-electron chi connectivity index (χ4n) is 2.10. The quantitative estimate of drug-likeness (QED) is 0.623. The number of ether oxygens (including phenoxy) is 1. The lowest BCUT2D eigenvalue weighted by molar-refractivity contribution is 0.0524. The van der Waals surface area contributed by atoms with Crippen molar-refractivity contribution in [2.45, 2.75) is 25.3 Å². The van der Waals surface area contributed by atoms with Gasteiger partial charge in [0, 0.05) is 25.8 Å². The van der Waals surface area contributed by atoms with E-state index < -0.39 is 0 Å². The Balaban J connectivity index is 1.87. The second-order valence-corrected chi connectivity index (χ2v) is 3.75. The number of nitrogens with one attached hydrogen (secondary N) is 2. The van der Waals surface area contributed by atoms with Crippen LogP contribution in [0.2, 0.25) is 0 Å². The topological polar surface area (TPSA) is 50.4 Å². The minimum Gasteiger partial charge on any atom is -0.381 e. The minimum atomic E-state index is -0.0114. The van der Waals surface area contributed by atoms with E-state index in [2.05, 4.69) is 10.6 Å². The van der Waals surface area contributed by atoms with E-state index >= 15 is 0 Å². The predicted molar refractivity (Wildman–Crippen MR) is 48.5 cm³/mol. The summed E-state index contributed by atoms with van der Waals surface area (Å²) in [6, 6.07) is 0.361. The first kappa shape index (κ1) is 8.81. The van der Waals surface area contributed by atoms with E-state index in [-0.39, 0.29) is 6.03 Å². The average Bonchev–Trinajstić information content (AvgIpc) is 2.19. The fraction of sp³-hybridized carbons (Fsp3) is 0.889. The monoisotopic (exact) mass is 184 g/mol. The van der Waals surface area contributed by atoms with Gasteiger partial charge in [-0.1, -0.05) is 0 Å². The van der Waals surface area contributed by atoms with Crippen LogP contribution in [-0.2, 0) is 4.74 Å². The molecule has 0 aromatic heterocycles. The van der Waals surface area contributed by atoms with Crippen LogP contribution in [0.4, 0.5) is 4.79 Å². The third-order valence-electron chi connectivity index (χ3n) is 2.89. The molecule has 2 saturated heterocycles. The number of hydrogen-bond acceptors (Lipinski definition) is 2. The third kappa shape index (κ3) is 2.12. The van der Waals surface area contributed by atoms with Gasteiger partial charge in [0.25, 0.3) is 0 Å². The molecular weight excluding hydrogens is 168 g/mol. The van der Waals surface area contributed by atoms with E-state index in [4.69, 9.17) is 4.74 Å². The Kier molecular flexibility index (Phi) is 2.68. The summed E-state index contributed by atoms with van der Waals surface area (Å²) in [5.74, 6) is 0.625. The summed E-state index contributed by atoms with van der Waals surface area (Å²) in [5.41, 5.74) is 0. The van der Waals surface area contributed by atoms with Gasteiger partial charge in [-0.3, -0.25) is 0 Å². The molecule has 2 rings (SSSR count). The summed E-state index contributed by atoms with van der Waals surface area (Å²) in [5, 5.41) is 5.75. The van der Waals surface area contributed by atoms with Crippen LogP contribution >= 0.6 is 0 Å². The maximum absolute atomic E-state index is 11.1. The molecule has 2 fully saturated rings. The second-order valence-electron chi connectivity index (χ2n) is 3.75. The zero-order valence-electron chi connectivity index (χ0n) is 7.71. The predicted octanol–water partition coefficient (Wildman–Crippen LogP) is 0.485. The molecule has 0 radical (unpaired) electrons. The van der Waals surface area contributed by atoms with Crippen molar-refractivity contribution in [1.82, 2.24) is 10.6 Å². The molecule has 0 bridgehead atoms. The van der Waals surface area contributed by atoms with Gasteiger partial charge in [-0.05, 0) is 25.2 Å². The van der Waals surface area contributed by atoms with Crippen molar-refractivity contribution in [2.24, 2.45) is 5.92 Å².